The number of morpholine rings is 1. The summed E-state index contributed by atoms with van der Waals surface area (Å²) in [6.07, 6.45) is -10.4. The lowest BCUT2D eigenvalue weighted by Gasteiger charge is -2.36. The van der Waals surface area contributed by atoms with Gasteiger partial charge < -0.3 is 14.5 Å². The molecule has 172 valence electrons. The molecule has 3 rings (SSSR count). The summed E-state index contributed by atoms with van der Waals surface area (Å²) in [6, 6.07) is 1.24. The van der Waals surface area contributed by atoms with Gasteiger partial charge in [0.05, 0.1) is 29.3 Å². The van der Waals surface area contributed by atoms with Crippen LogP contribution in [-0.4, -0.2) is 53.5 Å². The fourth-order valence-corrected chi connectivity index (χ4v) is 4.04. The minimum Gasteiger partial charge on any atom is -0.372 e. The fourth-order valence-electron chi connectivity index (χ4n) is 4.04. The Hall–Kier alpha value is -2.30. The fraction of sp³-hybridized carbons (Fsp3) is 0.600. The van der Waals surface area contributed by atoms with Crippen molar-refractivity contribution in [3.8, 4) is 0 Å². The Bertz CT molecular complexity index is 812. The third kappa shape index (κ3) is 5.50. The van der Waals surface area contributed by atoms with E-state index in [1.54, 1.807) is 4.90 Å². The molecule has 2 saturated heterocycles. The molecule has 11 heteroatoms. The van der Waals surface area contributed by atoms with Crippen molar-refractivity contribution in [2.24, 2.45) is 5.92 Å². The number of benzene rings is 1. The van der Waals surface area contributed by atoms with E-state index in [9.17, 15) is 35.9 Å². The van der Waals surface area contributed by atoms with Crippen molar-refractivity contribution < 1.29 is 40.7 Å². The molecule has 0 saturated carbocycles. The molecule has 0 aliphatic carbocycles. The van der Waals surface area contributed by atoms with Crippen LogP contribution in [0, 0.1) is 5.92 Å². The Labute approximate surface area is 174 Å². The lowest BCUT2D eigenvalue weighted by Crippen LogP contribution is -2.50. The standard InChI is InChI=1S/C20H22F6N2O3/c1-11-7-28(8-12(2)31-11)18(30)14-5-17(29)27(10-14)9-13-3-15(19(21,22)23)6-16(4-13)20(24,25)26/h3-4,6,11-12,14H,5,7-10H2,1-2H3. The molecule has 0 spiro atoms. The van der Waals surface area contributed by atoms with Gasteiger partial charge in [-0.2, -0.15) is 26.3 Å². The maximum atomic E-state index is 13.1. The van der Waals surface area contributed by atoms with E-state index < -0.39 is 41.8 Å². The highest BCUT2D eigenvalue weighted by atomic mass is 19.4. The number of rotatable bonds is 3. The van der Waals surface area contributed by atoms with Crippen molar-refractivity contribution in [3.05, 3.63) is 34.9 Å². The quantitative estimate of drug-likeness (QED) is 0.658. The van der Waals surface area contributed by atoms with E-state index >= 15 is 0 Å². The second kappa shape index (κ2) is 8.33. The molecule has 31 heavy (non-hydrogen) atoms. The number of carbonyl (C=O) groups excluding carboxylic acids is 2. The van der Waals surface area contributed by atoms with Crippen molar-refractivity contribution in [1.29, 1.82) is 0 Å². The molecule has 1 aromatic carbocycles. The van der Waals surface area contributed by atoms with Crippen molar-refractivity contribution in [1.82, 2.24) is 9.80 Å². The Morgan fingerprint density at radius 3 is 1.97 bits per heavy atom. The van der Waals surface area contributed by atoms with Crippen LogP contribution < -0.4 is 0 Å². The van der Waals surface area contributed by atoms with Crippen molar-refractivity contribution in [2.75, 3.05) is 19.6 Å². The number of alkyl halides is 6. The van der Waals surface area contributed by atoms with Gasteiger partial charge in [0, 0.05) is 32.6 Å². The SMILES string of the molecule is CC1CN(C(=O)C2CC(=O)N(Cc3cc(C(F)(F)F)cc(C(F)(F)F)c3)C2)CC(C)O1. The molecule has 2 fully saturated rings. The molecule has 1 aromatic rings. The van der Waals surface area contributed by atoms with Crippen LogP contribution in [-0.2, 0) is 33.2 Å². The first kappa shape index (κ1) is 23.4. The van der Waals surface area contributed by atoms with Crippen LogP contribution in [0.1, 0.15) is 37.0 Å². The zero-order valence-electron chi connectivity index (χ0n) is 16.9. The number of hydrogen-bond donors (Lipinski definition) is 0. The topological polar surface area (TPSA) is 49.9 Å². The molecule has 2 heterocycles. The van der Waals surface area contributed by atoms with Crippen LogP contribution >= 0.6 is 0 Å². The predicted molar refractivity (Wildman–Crippen MR) is 96.6 cm³/mol. The van der Waals surface area contributed by atoms with E-state index in [1.165, 1.54) is 0 Å². The van der Waals surface area contributed by atoms with E-state index in [0.29, 0.717) is 25.2 Å². The van der Waals surface area contributed by atoms with Crippen molar-refractivity contribution in [3.63, 3.8) is 0 Å². The van der Waals surface area contributed by atoms with Crippen LogP contribution in [0.25, 0.3) is 0 Å². The smallest absolute Gasteiger partial charge is 0.372 e. The van der Waals surface area contributed by atoms with Crippen LogP contribution in [0.2, 0.25) is 0 Å². The van der Waals surface area contributed by atoms with Crippen molar-refractivity contribution >= 4 is 11.8 Å². The summed E-state index contributed by atoms with van der Waals surface area (Å²) in [5.41, 5.74) is -3.17. The summed E-state index contributed by atoms with van der Waals surface area (Å²) in [5.74, 6) is -1.45. The summed E-state index contributed by atoms with van der Waals surface area (Å²) in [4.78, 5) is 27.9. The van der Waals surface area contributed by atoms with E-state index in [4.69, 9.17) is 4.74 Å². The molecule has 2 aliphatic rings. The molecule has 2 amide bonds. The summed E-state index contributed by atoms with van der Waals surface area (Å²) in [6.45, 7) is 3.84. The zero-order chi connectivity index (χ0) is 23.1. The van der Waals surface area contributed by atoms with Crippen molar-refractivity contribution in [2.45, 2.75) is 51.4 Å². The molecule has 0 N–H and O–H groups in total. The molecule has 2 aliphatic heterocycles. The first-order valence-electron chi connectivity index (χ1n) is 9.74. The van der Waals surface area contributed by atoms with Crippen LogP contribution in [0.5, 0.6) is 0 Å². The monoisotopic (exact) mass is 452 g/mol. The third-order valence-electron chi connectivity index (χ3n) is 5.32. The Morgan fingerprint density at radius 2 is 1.48 bits per heavy atom. The van der Waals surface area contributed by atoms with Crippen LogP contribution in [0.4, 0.5) is 26.3 Å². The van der Waals surface area contributed by atoms with E-state index in [2.05, 4.69) is 0 Å². The molecule has 0 bridgehead atoms. The van der Waals surface area contributed by atoms with Gasteiger partial charge in [-0.3, -0.25) is 9.59 Å². The van der Waals surface area contributed by atoms with E-state index in [-0.39, 0.29) is 42.7 Å². The Kier molecular flexibility index (Phi) is 6.28. The average Bonchev–Trinajstić information content (AvgIpc) is 2.99. The van der Waals surface area contributed by atoms with Gasteiger partial charge >= 0.3 is 12.4 Å². The highest BCUT2D eigenvalue weighted by Gasteiger charge is 2.40. The zero-order valence-corrected chi connectivity index (χ0v) is 16.9. The van der Waals surface area contributed by atoms with Gasteiger partial charge in [-0.25, -0.2) is 0 Å². The van der Waals surface area contributed by atoms with E-state index in [1.807, 2.05) is 13.8 Å². The lowest BCUT2D eigenvalue weighted by molar-refractivity contribution is -0.147. The van der Waals surface area contributed by atoms with Gasteiger partial charge in [0.1, 0.15) is 0 Å². The summed E-state index contributed by atoms with van der Waals surface area (Å²) in [7, 11) is 0. The average molecular weight is 452 g/mol. The molecule has 3 unspecified atom stereocenters. The molecule has 0 radical (unpaired) electrons. The summed E-state index contributed by atoms with van der Waals surface area (Å²) in [5, 5.41) is 0. The highest BCUT2D eigenvalue weighted by molar-refractivity contribution is 5.89. The first-order chi connectivity index (χ1) is 14.2. The predicted octanol–water partition coefficient (Wildman–Crippen LogP) is 3.71. The molecule has 0 aromatic heterocycles. The second-order valence-corrected chi connectivity index (χ2v) is 8.09. The first-order valence-corrected chi connectivity index (χ1v) is 9.74. The number of ether oxygens (including phenoxy) is 1. The molecular weight excluding hydrogens is 430 g/mol. The van der Waals surface area contributed by atoms with Gasteiger partial charge in [0.15, 0.2) is 0 Å². The minimum atomic E-state index is -4.97. The van der Waals surface area contributed by atoms with Gasteiger partial charge in [-0.15, -0.1) is 0 Å². The Balaban J connectivity index is 1.76. The second-order valence-electron chi connectivity index (χ2n) is 8.09. The van der Waals surface area contributed by atoms with Gasteiger partial charge in [-0.1, -0.05) is 0 Å². The van der Waals surface area contributed by atoms with E-state index in [0.717, 1.165) is 4.90 Å². The maximum absolute atomic E-state index is 13.1. The van der Waals surface area contributed by atoms with Gasteiger partial charge in [0.2, 0.25) is 11.8 Å². The number of nitrogens with zero attached hydrogens (tertiary/aromatic N) is 2. The third-order valence-corrected chi connectivity index (χ3v) is 5.32. The number of likely N-dealkylation sites (tertiary alicyclic amines) is 1. The molecule has 5 nitrogen and oxygen atoms in total. The number of amides is 2. The number of hydrogen-bond acceptors (Lipinski definition) is 3. The summed E-state index contributed by atoms with van der Waals surface area (Å²) < 4.78 is 83.9. The maximum Gasteiger partial charge on any atom is 0.416 e. The van der Waals surface area contributed by atoms with Crippen LogP contribution in [0.15, 0.2) is 18.2 Å². The molecule has 3 atom stereocenters. The van der Waals surface area contributed by atoms with Crippen LogP contribution in [0.3, 0.4) is 0 Å². The lowest BCUT2D eigenvalue weighted by atomic mass is 10.0. The minimum absolute atomic E-state index is 0.0440. The molecular formula is C20H22F6N2O3. The largest absolute Gasteiger partial charge is 0.416 e. The summed E-state index contributed by atoms with van der Waals surface area (Å²) >= 11 is 0. The van der Waals surface area contributed by atoms with Gasteiger partial charge in [-0.05, 0) is 37.6 Å². The number of halogens is 6. The number of carbonyl (C=O) groups is 2. The highest BCUT2D eigenvalue weighted by Crippen LogP contribution is 2.37. The Morgan fingerprint density at radius 1 is 0.968 bits per heavy atom. The van der Waals surface area contributed by atoms with Gasteiger partial charge in [0.25, 0.3) is 0 Å². The normalized spacial score (nSPS) is 25.3.